The van der Waals surface area contributed by atoms with Crippen molar-refractivity contribution in [1.82, 2.24) is 24.9 Å². The van der Waals surface area contributed by atoms with E-state index in [1.165, 1.54) is 32.1 Å². The number of nitrogens with zero attached hydrogens (tertiary/aromatic N) is 4. The SMILES string of the molecule is O=C(NC1C2CC3CC(C2)CC1C3)c1nc2ncccn2n1. The van der Waals surface area contributed by atoms with E-state index in [1.54, 1.807) is 23.0 Å². The van der Waals surface area contributed by atoms with Crippen molar-refractivity contribution in [3.05, 3.63) is 24.3 Å². The van der Waals surface area contributed by atoms with Crippen molar-refractivity contribution in [3.8, 4) is 0 Å². The number of fused-ring (bicyclic) bond motifs is 1. The second-order valence-corrected chi connectivity index (χ2v) is 7.23. The smallest absolute Gasteiger partial charge is 0.291 e. The highest BCUT2D eigenvalue weighted by molar-refractivity contribution is 5.91. The Kier molecular flexibility index (Phi) is 2.57. The molecule has 0 aromatic carbocycles. The summed E-state index contributed by atoms with van der Waals surface area (Å²) in [5.41, 5.74) is 0. The summed E-state index contributed by atoms with van der Waals surface area (Å²) in [6, 6.07) is 2.10. The van der Waals surface area contributed by atoms with Crippen LogP contribution in [0.15, 0.2) is 18.5 Å². The van der Waals surface area contributed by atoms with Gasteiger partial charge in [0.05, 0.1) is 0 Å². The van der Waals surface area contributed by atoms with Crippen LogP contribution in [0.5, 0.6) is 0 Å². The summed E-state index contributed by atoms with van der Waals surface area (Å²) >= 11 is 0. The lowest BCUT2D eigenvalue weighted by Crippen LogP contribution is -2.55. The Labute approximate surface area is 128 Å². The molecule has 4 aliphatic carbocycles. The molecule has 2 aromatic heterocycles. The Hall–Kier alpha value is -1.98. The molecule has 2 aromatic rings. The zero-order valence-corrected chi connectivity index (χ0v) is 12.4. The van der Waals surface area contributed by atoms with Crippen molar-refractivity contribution in [2.45, 2.75) is 38.1 Å². The first-order valence-corrected chi connectivity index (χ1v) is 8.24. The highest BCUT2D eigenvalue weighted by atomic mass is 16.2. The molecule has 114 valence electrons. The molecule has 2 heterocycles. The Morgan fingerprint density at radius 3 is 2.55 bits per heavy atom. The molecule has 22 heavy (non-hydrogen) atoms. The highest BCUT2D eigenvalue weighted by Crippen LogP contribution is 2.53. The molecular formula is C16H19N5O. The van der Waals surface area contributed by atoms with E-state index >= 15 is 0 Å². The number of carbonyl (C=O) groups is 1. The maximum absolute atomic E-state index is 12.5. The van der Waals surface area contributed by atoms with Crippen LogP contribution in [-0.4, -0.2) is 31.5 Å². The number of amides is 1. The van der Waals surface area contributed by atoms with E-state index in [0.29, 0.717) is 23.7 Å². The van der Waals surface area contributed by atoms with Crippen LogP contribution in [0.25, 0.3) is 5.78 Å². The highest BCUT2D eigenvalue weighted by Gasteiger charge is 2.48. The second kappa shape index (κ2) is 4.51. The average molecular weight is 297 g/mol. The largest absolute Gasteiger partial charge is 0.346 e. The van der Waals surface area contributed by atoms with Crippen LogP contribution in [0.1, 0.15) is 42.7 Å². The molecule has 6 heteroatoms. The Bertz CT molecular complexity index is 678. The van der Waals surface area contributed by atoms with Crippen LogP contribution < -0.4 is 5.32 Å². The van der Waals surface area contributed by atoms with Gasteiger partial charge in [0, 0.05) is 18.4 Å². The van der Waals surface area contributed by atoms with Gasteiger partial charge >= 0.3 is 0 Å². The summed E-state index contributed by atoms with van der Waals surface area (Å²) in [4.78, 5) is 20.9. The maximum Gasteiger partial charge on any atom is 0.291 e. The molecule has 6 nitrogen and oxygen atoms in total. The molecule has 4 aliphatic rings. The van der Waals surface area contributed by atoms with Crippen LogP contribution in [0.3, 0.4) is 0 Å². The Balaban J connectivity index is 1.38. The quantitative estimate of drug-likeness (QED) is 0.915. The molecular weight excluding hydrogens is 278 g/mol. The first-order valence-electron chi connectivity index (χ1n) is 8.24. The van der Waals surface area contributed by atoms with E-state index in [0.717, 1.165) is 11.8 Å². The molecule has 6 rings (SSSR count). The van der Waals surface area contributed by atoms with Gasteiger partial charge in [0.2, 0.25) is 5.82 Å². The van der Waals surface area contributed by atoms with Gasteiger partial charge < -0.3 is 5.32 Å². The van der Waals surface area contributed by atoms with Gasteiger partial charge in [-0.05, 0) is 61.8 Å². The minimum absolute atomic E-state index is 0.150. The number of carbonyl (C=O) groups excluding carboxylic acids is 1. The lowest BCUT2D eigenvalue weighted by Gasteiger charge is -2.54. The maximum atomic E-state index is 12.5. The monoisotopic (exact) mass is 297 g/mol. The molecule has 1 N–H and O–H groups in total. The molecule has 4 saturated carbocycles. The van der Waals surface area contributed by atoms with Crippen LogP contribution in [0, 0.1) is 23.7 Å². The second-order valence-electron chi connectivity index (χ2n) is 7.23. The third kappa shape index (κ3) is 1.86. The predicted octanol–water partition coefficient (Wildman–Crippen LogP) is 1.68. The van der Waals surface area contributed by atoms with Crippen molar-refractivity contribution in [2.75, 3.05) is 0 Å². The van der Waals surface area contributed by atoms with Gasteiger partial charge in [0.25, 0.3) is 11.7 Å². The van der Waals surface area contributed by atoms with Gasteiger partial charge in [0.15, 0.2) is 0 Å². The minimum atomic E-state index is -0.150. The lowest BCUT2D eigenvalue weighted by molar-refractivity contribution is -0.0120. The zero-order chi connectivity index (χ0) is 14.7. The van der Waals surface area contributed by atoms with Crippen molar-refractivity contribution < 1.29 is 4.79 Å². The summed E-state index contributed by atoms with van der Waals surface area (Å²) < 4.78 is 1.55. The molecule has 4 bridgehead atoms. The number of rotatable bonds is 2. The normalized spacial score (nSPS) is 35.9. The Morgan fingerprint density at radius 1 is 1.14 bits per heavy atom. The predicted molar refractivity (Wildman–Crippen MR) is 79.1 cm³/mol. The summed E-state index contributed by atoms with van der Waals surface area (Å²) in [6.07, 6.45) is 10.00. The fourth-order valence-electron chi connectivity index (χ4n) is 5.21. The van der Waals surface area contributed by atoms with Crippen LogP contribution in [0.2, 0.25) is 0 Å². The number of aromatic nitrogens is 4. The molecule has 4 fully saturated rings. The van der Waals surface area contributed by atoms with E-state index in [1.807, 2.05) is 0 Å². The van der Waals surface area contributed by atoms with Crippen molar-refractivity contribution in [2.24, 2.45) is 23.7 Å². The molecule has 0 unspecified atom stereocenters. The van der Waals surface area contributed by atoms with Gasteiger partial charge in [-0.2, -0.15) is 4.98 Å². The molecule has 0 spiro atoms. The van der Waals surface area contributed by atoms with Gasteiger partial charge in [-0.25, -0.2) is 9.50 Å². The molecule has 0 atom stereocenters. The fraction of sp³-hybridized carbons (Fsp3) is 0.625. The van der Waals surface area contributed by atoms with Crippen LogP contribution >= 0.6 is 0 Å². The van der Waals surface area contributed by atoms with Crippen molar-refractivity contribution in [3.63, 3.8) is 0 Å². The molecule has 0 aliphatic heterocycles. The first kappa shape index (κ1) is 12.6. The van der Waals surface area contributed by atoms with Gasteiger partial charge in [0.1, 0.15) is 0 Å². The topological polar surface area (TPSA) is 72.2 Å². The first-order chi connectivity index (χ1) is 10.8. The number of hydrogen-bond donors (Lipinski definition) is 1. The summed E-state index contributed by atoms with van der Waals surface area (Å²) in [5, 5.41) is 7.46. The third-order valence-electron chi connectivity index (χ3n) is 5.84. The van der Waals surface area contributed by atoms with E-state index in [2.05, 4.69) is 20.4 Å². The molecule has 0 radical (unpaired) electrons. The van der Waals surface area contributed by atoms with Gasteiger partial charge in [-0.3, -0.25) is 4.79 Å². The lowest BCUT2D eigenvalue weighted by atomic mass is 9.54. The minimum Gasteiger partial charge on any atom is -0.346 e. The van der Waals surface area contributed by atoms with Gasteiger partial charge in [-0.1, -0.05) is 0 Å². The number of nitrogens with one attached hydrogen (secondary N) is 1. The zero-order valence-electron chi connectivity index (χ0n) is 12.4. The molecule has 0 saturated heterocycles. The van der Waals surface area contributed by atoms with E-state index in [9.17, 15) is 4.79 Å². The van der Waals surface area contributed by atoms with Crippen molar-refractivity contribution in [1.29, 1.82) is 0 Å². The van der Waals surface area contributed by atoms with E-state index in [4.69, 9.17) is 0 Å². The van der Waals surface area contributed by atoms with Crippen molar-refractivity contribution >= 4 is 11.7 Å². The van der Waals surface area contributed by atoms with E-state index in [-0.39, 0.29) is 11.7 Å². The summed E-state index contributed by atoms with van der Waals surface area (Å²) in [7, 11) is 0. The summed E-state index contributed by atoms with van der Waals surface area (Å²) in [6.45, 7) is 0. The Morgan fingerprint density at radius 2 is 1.86 bits per heavy atom. The van der Waals surface area contributed by atoms with Crippen LogP contribution in [-0.2, 0) is 0 Å². The third-order valence-corrected chi connectivity index (χ3v) is 5.84. The fourth-order valence-corrected chi connectivity index (χ4v) is 5.21. The number of hydrogen-bond acceptors (Lipinski definition) is 4. The van der Waals surface area contributed by atoms with Gasteiger partial charge in [-0.15, -0.1) is 5.10 Å². The molecule has 1 amide bonds. The average Bonchev–Trinajstić information content (AvgIpc) is 2.94. The van der Waals surface area contributed by atoms with E-state index < -0.39 is 0 Å². The summed E-state index contributed by atoms with van der Waals surface area (Å²) in [5.74, 6) is 3.69. The standard InChI is InChI=1S/C16H19N5O/c22-15(14-19-16-17-2-1-3-21(16)20-14)18-13-11-5-9-4-10(7-11)8-12(13)6-9/h1-3,9-13H,4-8H2,(H,18,22). The van der Waals surface area contributed by atoms with Crippen LogP contribution in [0.4, 0.5) is 0 Å².